The molecule has 3 rings (SSSR count). The lowest BCUT2D eigenvalue weighted by atomic mass is 10.0. The van der Waals surface area contributed by atoms with Crippen molar-refractivity contribution in [3.63, 3.8) is 0 Å². The summed E-state index contributed by atoms with van der Waals surface area (Å²) in [5.74, 6) is 1.22. The molecule has 0 saturated carbocycles. The van der Waals surface area contributed by atoms with E-state index in [-0.39, 0.29) is 11.9 Å². The fraction of sp³-hybridized carbons (Fsp3) is 0.500. The Morgan fingerprint density at radius 2 is 2.40 bits per heavy atom. The summed E-state index contributed by atoms with van der Waals surface area (Å²) >= 11 is 9.21. The van der Waals surface area contributed by atoms with Crippen molar-refractivity contribution in [3.05, 3.63) is 28.2 Å². The molecular formula is C14H15BrClFN2O. The molecule has 2 unspecified atom stereocenters. The molecule has 2 atom stereocenters. The van der Waals surface area contributed by atoms with E-state index in [1.807, 2.05) is 0 Å². The summed E-state index contributed by atoms with van der Waals surface area (Å²) in [6, 6.07) is 3.42. The molecular weight excluding hydrogens is 347 g/mol. The lowest BCUT2D eigenvalue weighted by molar-refractivity contribution is 0.175. The third kappa shape index (κ3) is 2.36. The average molecular weight is 362 g/mol. The van der Waals surface area contributed by atoms with Crippen LogP contribution >= 0.6 is 27.5 Å². The molecule has 2 aromatic rings. The molecule has 0 bridgehead atoms. The van der Waals surface area contributed by atoms with Gasteiger partial charge in [0.1, 0.15) is 11.6 Å². The van der Waals surface area contributed by atoms with Crippen LogP contribution in [0.4, 0.5) is 4.39 Å². The molecule has 1 aliphatic rings. The number of hydrogen-bond donors (Lipinski definition) is 0. The van der Waals surface area contributed by atoms with Gasteiger partial charge in [-0.3, -0.25) is 0 Å². The predicted octanol–water partition coefficient (Wildman–Crippen LogP) is 4.27. The normalized spacial score (nSPS) is 20.7. The van der Waals surface area contributed by atoms with Crippen LogP contribution in [-0.2, 0) is 10.6 Å². The van der Waals surface area contributed by atoms with Crippen LogP contribution in [0.25, 0.3) is 11.0 Å². The summed E-state index contributed by atoms with van der Waals surface area (Å²) < 4.78 is 21.8. The number of halogens is 3. The standard InChI is InChI=1S/C14H15BrClFN2O/c1-8(9-2-3-20-7-9)19-13-5-11(17)10(15)4-12(13)18-14(19)6-16/h4-5,8-9H,2-3,6-7H2,1H3. The Balaban J connectivity index is 2.13. The number of aromatic nitrogens is 2. The van der Waals surface area contributed by atoms with Crippen molar-refractivity contribution >= 4 is 38.6 Å². The highest BCUT2D eigenvalue weighted by Crippen LogP contribution is 2.33. The zero-order valence-electron chi connectivity index (χ0n) is 11.1. The third-order valence-electron chi connectivity index (χ3n) is 3.98. The molecule has 1 aromatic carbocycles. The van der Waals surface area contributed by atoms with Crippen LogP contribution in [0.3, 0.4) is 0 Å². The molecule has 6 heteroatoms. The molecule has 1 aliphatic heterocycles. The molecule has 0 N–H and O–H groups in total. The first-order valence-corrected chi connectivity index (χ1v) is 7.94. The monoisotopic (exact) mass is 360 g/mol. The van der Waals surface area contributed by atoms with E-state index in [0.717, 1.165) is 36.5 Å². The second-order valence-corrected chi connectivity index (χ2v) is 6.27. The maximum absolute atomic E-state index is 13.8. The molecule has 0 spiro atoms. The molecule has 1 fully saturated rings. The van der Waals surface area contributed by atoms with Gasteiger partial charge in [-0.05, 0) is 35.3 Å². The van der Waals surface area contributed by atoms with Gasteiger partial charge in [-0.1, -0.05) is 0 Å². The van der Waals surface area contributed by atoms with Crippen molar-refractivity contribution < 1.29 is 9.13 Å². The highest BCUT2D eigenvalue weighted by Gasteiger charge is 2.27. The van der Waals surface area contributed by atoms with Crippen LogP contribution in [0.2, 0.25) is 0 Å². The minimum Gasteiger partial charge on any atom is -0.381 e. The summed E-state index contributed by atoms with van der Waals surface area (Å²) in [6.07, 6.45) is 1.02. The van der Waals surface area contributed by atoms with Gasteiger partial charge < -0.3 is 9.30 Å². The maximum Gasteiger partial charge on any atom is 0.139 e. The molecule has 20 heavy (non-hydrogen) atoms. The van der Waals surface area contributed by atoms with Gasteiger partial charge in [0, 0.05) is 24.6 Å². The Hall–Kier alpha value is -0.650. The Bertz CT molecular complexity index is 640. The van der Waals surface area contributed by atoms with Gasteiger partial charge >= 0.3 is 0 Å². The van der Waals surface area contributed by atoms with Crippen LogP contribution in [0.1, 0.15) is 25.2 Å². The van der Waals surface area contributed by atoms with E-state index in [2.05, 4.69) is 32.4 Å². The van der Waals surface area contributed by atoms with Crippen LogP contribution in [0.5, 0.6) is 0 Å². The number of alkyl halides is 1. The van der Waals surface area contributed by atoms with Crippen LogP contribution in [0, 0.1) is 11.7 Å². The van der Waals surface area contributed by atoms with E-state index in [1.54, 1.807) is 6.07 Å². The predicted molar refractivity (Wildman–Crippen MR) is 80.6 cm³/mol. The number of fused-ring (bicyclic) bond motifs is 1. The number of ether oxygens (including phenoxy) is 1. The molecule has 108 valence electrons. The second kappa shape index (κ2) is 5.62. The average Bonchev–Trinajstić information content (AvgIpc) is 3.06. The van der Waals surface area contributed by atoms with Gasteiger partial charge in [-0.25, -0.2) is 9.37 Å². The second-order valence-electron chi connectivity index (χ2n) is 5.15. The van der Waals surface area contributed by atoms with Crippen molar-refractivity contribution in [2.75, 3.05) is 13.2 Å². The SMILES string of the molecule is CC(C1CCOC1)n1c(CCl)nc2cc(Br)c(F)cc21. The summed E-state index contributed by atoms with van der Waals surface area (Å²) in [5.41, 5.74) is 1.56. The number of benzene rings is 1. The number of rotatable bonds is 3. The van der Waals surface area contributed by atoms with Gasteiger partial charge in [-0.15, -0.1) is 11.6 Å². The minimum absolute atomic E-state index is 0.192. The van der Waals surface area contributed by atoms with Gasteiger partial charge in [0.25, 0.3) is 0 Å². The summed E-state index contributed by atoms with van der Waals surface area (Å²) in [6.45, 7) is 3.65. The Morgan fingerprint density at radius 3 is 3.05 bits per heavy atom. The van der Waals surface area contributed by atoms with Crippen LogP contribution < -0.4 is 0 Å². The topological polar surface area (TPSA) is 27.1 Å². The Labute approximate surface area is 130 Å². The number of nitrogens with zero attached hydrogens (tertiary/aromatic N) is 2. The smallest absolute Gasteiger partial charge is 0.139 e. The quantitative estimate of drug-likeness (QED) is 0.763. The zero-order chi connectivity index (χ0) is 14.3. The molecule has 0 aliphatic carbocycles. The first-order chi connectivity index (χ1) is 9.61. The lowest BCUT2D eigenvalue weighted by Crippen LogP contribution is -2.18. The van der Waals surface area contributed by atoms with E-state index in [0.29, 0.717) is 16.3 Å². The van der Waals surface area contributed by atoms with Crippen LogP contribution in [-0.4, -0.2) is 22.8 Å². The Morgan fingerprint density at radius 1 is 1.60 bits per heavy atom. The number of hydrogen-bond acceptors (Lipinski definition) is 2. The zero-order valence-corrected chi connectivity index (χ0v) is 13.4. The van der Waals surface area contributed by atoms with Crippen molar-refractivity contribution in [1.82, 2.24) is 9.55 Å². The first kappa shape index (κ1) is 14.3. The molecule has 0 radical (unpaired) electrons. The van der Waals surface area contributed by atoms with E-state index < -0.39 is 0 Å². The van der Waals surface area contributed by atoms with Gasteiger partial charge in [-0.2, -0.15) is 0 Å². The van der Waals surface area contributed by atoms with Crippen molar-refractivity contribution in [2.24, 2.45) is 5.92 Å². The number of imidazole rings is 1. The molecule has 3 nitrogen and oxygen atoms in total. The lowest BCUT2D eigenvalue weighted by Gasteiger charge is -2.22. The fourth-order valence-corrected chi connectivity index (χ4v) is 3.35. The van der Waals surface area contributed by atoms with Gasteiger partial charge in [0.05, 0.1) is 28.0 Å². The highest BCUT2D eigenvalue weighted by atomic mass is 79.9. The van der Waals surface area contributed by atoms with E-state index in [4.69, 9.17) is 16.3 Å². The van der Waals surface area contributed by atoms with E-state index >= 15 is 0 Å². The Kier molecular flexibility index (Phi) is 4.02. The van der Waals surface area contributed by atoms with Gasteiger partial charge in [0.2, 0.25) is 0 Å². The third-order valence-corrected chi connectivity index (χ3v) is 4.83. The molecule has 1 saturated heterocycles. The van der Waals surface area contributed by atoms with Crippen molar-refractivity contribution in [2.45, 2.75) is 25.3 Å². The first-order valence-electron chi connectivity index (χ1n) is 6.61. The van der Waals surface area contributed by atoms with Crippen molar-refractivity contribution in [1.29, 1.82) is 0 Å². The summed E-state index contributed by atoms with van der Waals surface area (Å²) in [4.78, 5) is 4.52. The maximum atomic E-state index is 13.8. The minimum atomic E-state index is -0.283. The van der Waals surface area contributed by atoms with E-state index in [1.165, 1.54) is 6.07 Å². The largest absolute Gasteiger partial charge is 0.381 e. The molecule has 0 amide bonds. The van der Waals surface area contributed by atoms with Crippen molar-refractivity contribution in [3.8, 4) is 0 Å². The van der Waals surface area contributed by atoms with Gasteiger partial charge in [0.15, 0.2) is 0 Å². The molecule has 1 aromatic heterocycles. The molecule has 2 heterocycles. The van der Waals surface area contributed by atoms with Crippen LogP contribution in [0.15, 0.2) is 16.6 Å². The van der Waals surface area contributed by atoms with E-state index in [9.17, 15) is 4.39 Å². The summed E-state index contributed by atoms with van der Waals surface area (Å²) in [7, 11) is 0. The fourth-order valence-electron chi connectivity index (χ4n) is 2.83. The summed E-state index contributed by atoms with van der Waals surface area (Å²) in [5, 5.41) is 0. The highest BCUT2D eigenvalue weighted by molar-refractivity contribution is 9.10.